The first kappa shape index (κ1) is 21.5. The van der Waals surface area contributed by atoms with Crippen LogP contribution in [0.1, 0.15) is 33.2 Å². The lowest BCUT2D eigenvalue weighted by Gasteiger charge is -2.13. The molecule has 0 radical (unpaired) electrons. The average molecular weight is 451 g/mol. The molecule has 0 aliphatic carbocycles. The molecule has 1 heterocycles. The Morgan fingerprint density at radius 3 is 2.59 bits per heavy atom. The van der Waals surface area contributed by atoms with Gasteiger partial charge in [0, 0.05) is 16.7 Å². The van der Waals surface area contributed by atoms with E-state index in [-0.39, 0.29) is 17.3 Å². The molecule has 1 aliphatic heterocycles. The van der Waals surface area contributed by atoms with E-state index in [1.165, 1.54) is 13.2 Å². The van der Waals surface area contributed by atoms with Gasteiger partial charge in [-0.3, -0.25) is 4.79 Å². The zero-order valence-electron chi connectivity index (χ0n) is 17.4. The van der Waals surface area contributed by atoms with E-state index in [0.717, 1.165) is 0 Å². The zero-order chi connectivity index (χ0) is 22.7. The normalized spacial score (nSPS) is 13.5. The number of carbonyl (C=O) groups excluding carboxylic acids is 2. The van der Waals surface area contributed by atoms with E-state index in [1.54, 1.807) is 60.7 Å². The van der Waals surface area contributed by atoms with Gasteiger partial charge in [0.05, 0.1) is 24.8 Å². The van der Waals surface area contributed by atoms with Gasteiger partial charge in [-0.05, 0) is 55.5 Å². The third-order valence-electron chi connectivity index (χ3n) is 4.75. The monoisotopic (exact) mass is 450 g/mol. The quantitative estimate of drug-likeness (QED) is 0.277. The van der Waals surface area contributed by atoms with Crippen molar-refractivity contribution >= 4 is 29.4 Å². The first-order chi connectivity index (χ1) is 15.5. The fraction of sp³-hybridized carbons (Fsp3) is 0.120. The number of ketones is 1. The lowest BCUT2D eigenvalue weighted by atomic mass is 10.1. The Labute approximate surface area is 189 Å². The van der Waals surface area contributed by atoms with Gasteiger partial charge in [0.25, 0.3) is 0 Å². The lowest BCUT2D eigenvalue weighted by Crippen LogP contribution is -2.11. The molecule has 4 rings (SSSR count). The number of para-hydroxylation sites is 1. The van der Waals surface area contributed by atoms with Crippen molar-refractivity contribution in [2.24, 2.45) is 0 Å². The zero-order valence-corrected chi connectivity index (χ0v) is 18.1. The fourth-order valence-electron chi connectivity index (χ4n) is 3.20. The number of esters is 1. The van der Waals surface area contributed by atoms with E-state index in [9.17, 15) is 9.59 Å². The number of ether oxygens (including phenoxy) is 4. The summed E-state index contributed by atoms with van der Waals surface area (Å²) in [5.74, 6) is 0.779. The molecule has 7 heteroatoms. The summed E-state index contributed by atoms with van der Waals surface area (Å²) >= 11 is 5.90. The minimum atomic E-state index is -0.583. The van der Waals surface area contributed by atoms with Gasteiger partial charge in [-0.25, -0.2) is 4.79 Å². The molecular formula is C25H19ClO6. The topological polar surface area (TPSA) is 71.1 Å². The van der Waals surface area contributed by atoms with E-state index in [0.29, 0.717) is 45.6 Å². The number of methoxy groups -OCH3 is 1. The second-order valence-corrected chi connectivity index (χ2v) is 7.24. The molecular weight excluding hydrogens is 432 g/mol. The van der Waals surface area contributed by atoms with Crippen LogP contribution >= 0.6 is 11.6 Å². The molecule has 32 heavy (non-hydrogen) atoms. The molecule has 0 saturated heterocycles. The summed E-state index contributed by atoms with van der Waals surface area (Å²) in [6, 6.07) is 16.5. The molecule has 0 atom stereocenters. The second-order valence-electron chi connectivity index (χ2n) is 6.81. The number of allylic oxidation sites excluding steroid dienone is 1. The van der Waals surface area contributed by atoms with Gasteiger partial charge in [0.2, 0.25) is 5.78 Å². The highest BCUT2D eigenvalue weighted by Crippen LogP contribution is 2.38. The summed E-state index contributed by atoms with van der Waals surface area (Å²) in [7, 11) is 1.54. The lowest BCUT2D eigenvalue weighted by molar-refractivity contribution is 0.0728. The number of hydrogen-bond acceptors (Lipinski definition) is 6. The molecule has 1 aliphatic rings. The van der Waals surface area contributed by atoms with Gasteiger partial charge >= 0.3 is 5.97 Å². The smallest absolute Gasteiger partial charge is 0.343 e. The van der Waals surface area contributed by atoms with Crippen LogP contribution in [0.5, 0.6) is 23.0 Å². The largest absolute Gasteiger partial charge is 0.497 e. The number of rotatable bonds is 6. The molecule has 0 aromatic heterocycles. The minimum absolute atomic E-state index is 0.102. The summed E-state index contributed by atoms with van der Waals surface area (Å²) in [4.78, 5) is 25.5. The van der Waals surface area contributed by atoms with Crippen LogP contribution in [0.25, 0.3) is 6.08 Å². The average Bonchev–Trinajstić information content (AvgIpc) is 3.10. The molecule has 0 N–H and O–H groups in total. The highest BCUT2D eigenvalue weighted by atomic mass is 35.5. The number of fused-ring (bicyclic) bond motifs is 1. The molecule has 0 unspecified atom stereocenters. The Morgan fingerprint density at radius 2 is 1.88 bits per heavy atom. The molecule has 3 aromatic carbocycles. The summed E-state index contributed by atoms with van der Waals surface area (Å²) in [6.45, 7) is 2.19. The molecule has 6 nitrogen and oxygen atoms in total. The van der Waals surface area contributed by atoms with Crippen LogP contribution in [0, 0.1) is 0 Å². The maximum absolute atomic E-state index is 12.8. The Kier molecular flexibility index (Phi) is 6.14. The molecule has 0 bridgehead atoms. The van der Waals surface area contributed by atoms with Crippen molar-refractivity contribution in [1.82, 2.24) is 0 Å². The highest BCUT2D eigenvalue weighted by molar-refractivity contribution is 6.30. The number of benzene rings is 3. The summed E-state index contributed by atoms with van der Waals surface area (Å²) in [6.07, 6.45) is 1.53. The molecule has 3 aromatic rings. The summed E-state index contributed by atoms with van der Waals surface area (Å²) in [5, 5.41) is 0.509. The van der Waals surface area contributed by atoms with Crippen LogP contribution in [-0.2, 0) is 0 Å². The standard InChI is InChI=1S/C25H19ClO6/c1-3-30-20-6-4-5-16(24(20)32-25(28)15-7-9-17(26)10-8-15)13-22-23(27)19-12-11-18(29-2)14-21(19)31-22/h4-14H,3H2,1-2H3/b22-13-. The number of halogens is 1. The van der Waals surface area contributed by atoms with Gasteiger partial charge in [0.15, 0.2) is 17.3 Å². The Bertz CT molecular complexity index is 1210. The van der Waals surface area contributed by atoms with E-state index in [2.05, 4.69) is 0 Å². The highest BCUT2D eigenvalue weighted by Gasteiger charge is 2.28. The van der Waals surface area contributed by atoms with E-state index in [4.69, 9.17) is 30.5 Å². The van der Waals surface area contributed by atoms with Crippen molar-refractivity contribution in [2.45, 2.75) is 6.92 Å². The third kappa shape index (κ3) is 4.31. The predicted molar refractivity (Wildman–Crippen MR) is 120 cm³/mol. The number of Topliss-reactive ketones (excluding diaryl/α,β-unsaturated/α-hetero) is 1. The van der Waals surface area contributed by atoms with Gasteiger partial charge in [-0.2, -0.15) is 0 Å². The Balaban J connectivity index is 1.70. The Morgan fingerprint density at radius 1 is 1.09 bits per heavy atom. The van der Waals surface area contributed by atoms with Crippen LogP contribution in [0.2, 0.25) is 5.02 Å². The van der Waals surface area contributed by atoms with Crippen LogP contribution in [0.3, 0.4) is 0 Å². The van der Waals surface area contributed by atoms with Crippen molar-refractivity contribution in [3.8, 4) is 23.0 Å². The first-order valence-electron chi connectivity index (χ1n) is 9.86. The molecule has 0 saturated carbocycles. The number of carbonyl (C=O) groups is 2. The maximum Gasteiger partial charge on any atom is 0.343 e. The molecule has 0 amide bonds. The maximum atomic E-state index is 12.8. The van der Waals surface area contributed by atoms with Crippen molar-refractivity contribution in [1.29, 1.82) is 0 Å². The van der Waals surface area contributed by atoms with Crippen molar-refractivity contribution in [3.05, 3.63) is 88.1 Å². The molecule has 0 fully saturated rings. The first-order valence-corrected chi connectivity index (χ1v) is 10.2. The van der Waals surface area contributed by atoms with Crippen LogP contribution in [0.4, 0.5) is 0 Å². The van der Waals surface area contributed by atoms with Gasteiger partial charge < -0.3 is 18.9 Å². The minimum Gasteiger partial charge on any atom is -0.497 e. The van der Waals surface area contributed by atoms with Crippen molar-refractivity contribution < 1.29 is 28.5 Å². The van der Waals surface area contributed by atoms with Crippen molar-refractivity contribution in [3.63, 3.8) is 0 Å². The van der Waals surface area contributed by atoms with Gasteiger partial charge in [-0.15, -0.1) is 0 Å². The fourth-order valence-corrected chi connectivity index (χ4v) is 3.32. The van der Waals surface area contributed by atoms with Crippen molar-refractivity contribution in [2.75, 3.05) is 13.7 Å². The molecule has 0 spiro atoms. The van der Waals surface area contributed by atoms with Gasteiger partial charge in [-0.1, -0.05) is 23.7 Å². The van der Waals surface area contributed by atoms with Crippen LogP contribution < -0.4 is 18.9 Å². The van der Waals surface area contributed by atoms with Crippen LogP contribution in [0.15, 0.2) is 66.4 Å². The van der Waals surface area contributed by atoms with E-state index in [1.807, 2.05) is 6.92 Å². The molecule has 162 valence electrons. The predicted octanol–water partition coefficient (Wildman–Crippen LogP) is 5.58. The van der Waals surface area contributed by atoms with Crippen LogP contribution in [-0.4, -0.2) is 25.5 Å². The Hall–Kier alpha value is -3.77. The third-order valence-corrected chi connectivity index (χ3v) is 5.00. The summed E-state index contributed by atoms with van der Waals surface area (Å²) < 4.78 is 22.3. The van der Waals surface area contributed by atoms with Gasteiger partial charge in [0.1, 0.15) is 11.5 Å². The van der Waals surface area contributed by atoms with E-state index < -0.39 is 5.97 Å². The summed E-state index contributed by atoms with van der Waals surface area (Å²) in [5.41, 5.74) is 1.21. The number of hydrogen-bond donors (Lipinski definition) is 0. The SMILES string of the molecule is CCOc1cccc(/C=C2\Oc3cc(OC)ccc3C2=O)c1OC(=O)c1ccc(Cl)cc1. The second kappa shape index (κ2) is 9.16. The van der Waals surface area contributed by atoms with E-state index >= 15 is 0 Å².